The number of hydrogen-bond donors (Lipinski definition) is 1. The zero-order valence-corrected chi connectivity index (χ0v) is 13.1. The Bertz CT molecular complexity index is 758. The fraction of sp³-hybridized carbons (Fsp3) is 0.250. The molecule has 0 aliphatic heterocycles. The molecule has 0 aliphatic carbocycles. The minimum absolute atomic E-state index is 0.329. The first kappa shape index (κ1) is 16.4. The van der Waals surface area contributed by atoms with Gasteiger partial charge in [-0.25, -0.2) is 17.2 Å². The van der Waals surface area contributed by atoms with E-state index in [0.29, 0.717) is 17.7 Å². The summed E-state index contributed by atoms with van der Waals surface area (Å²) in [6, 6.07) is 9.26. The summed E-state index contributed by atoms with van der Waals surface area (Å²) in [4.78, 5) is -0.583. The Kier molecular flexibility index (Phi) is 4.81. The van der Waals surface area contributed by atoms with Crippen LogP contribution in [-0.4, -0.2) is 8.42 Å². The molecule has 1 unspecified atom stereocenters. The highest BCUT2D eigenvalue weighted by atomic mass is 32.2. The quantitative estimate of drug-likeness (QED) is 0.892. The van der Waals surface area contributed by atoms with E-state index in [4.69, 9.17) is 0 Å². The average Bonchev–Trinajstić information content (AvgIpc) is 2.46. The maximum absolute atomic E-state index is 13.6. The van der Waals surface area contributed by atoms with Crippen LogP contribution in [0.25, 0.3) is 0 Å². The fourth-order valence-electron chi connectivity index (χ4n) is 2.02. The van der Waals surface area contributed by atoms with Crippen LogP contribution in [0.5, 0.6) is 0 Å². The molecule has 118 valence electrons. The van der Waals surface area contributed by atoms with Gasteiger partial charge in [-0.3, -0.25) is 4.72 Å². The third-order valence-electron chi connectivity index (χ3n) is 3.53. The topological polar surface area (TPSA) is 46.2 Å². The first-order chi connectivity index (χ1) is 10.3. The molecule has 0 amide bonds. The predicted octanol–water partition coefficient (Wildman–Crippen LogP) is 4.28. The maximum Gasteiger partial charge on any atom is 0.264 e. The van der Waals surface area contributed by atoms with Crippen LogP contribution in [0.2, 0.25) is 0 Å². The van der Waals surface area contributed by atoms with Gasteiger partial charge in [-0.2, -0.15) is 0 Å². The van der Waals surface area contributed by atoms with E-state index in [1.54, 1.807) is 12.1 Å². The lowest BCUT2D eigenvalue weighted by Crippen LogP contribution is -2.14. The van der Waals surface area contributed by atoms with E-state index in [0.717, 1.165) is 24.1 Å². The van der Waals surface area contributed by atoms with E-state index in [1.165, 1.54) is 0 Å². The Morgan fingerprint density at radius 2 is 1.73 bits per heavy atom. The predicted molar refractivity (Wildman–Crippen MR) is 82.3 cm³/mol. The number of anilines is 1. The van der Waals surface area contributed by atoms with Crippen molar-refractivity contribution in [3.63, 3.8) is 0 Å². The Morgan fingerprint density at radius 1 is 1.09 bits per heavy atom. The molecule has 2 aromatic carbocycles. The molecule has 22 heavy (non-hydrogen) atoms. The molecular formula is C16H17F2NO2S. The van der Waals surface area contributed by atoms with Gasteiger partial charge in [0, 0.05) is 11.8 Å². The Morgan fingerprint density at radius 3 is 2.27 bits per heavy atom. The molecule has 0 saturated heterocycles. The zero-order chi connectivity index (χ0) is 16.3. The first-order valence-corrected chi connectivity index (χ1v) is 8.39. The van der Waals surface area contributed by atoms with Gasteiger partial charge in [0.05, 0.1) is 0 Å². The number of halogens is 2. The minimum atomic E-state index is -4.09. The van der Waals surface area contributed by atoms with Gasteiger partial charge in [0.25, 0.3) is 10.0 Å². The highest BCUT2D eigenvalue weighted by Crippen LogP contribution is 2.23. The summed E-state index contributed by atoms with van der Waals surface area (Å²) in [5.41, 5.74) is 1.43. The molecule has 0 bridgehead atoms. The molecule has 0 saturated carbocycles. The summed E-state index contributed by atoms with van der Waals surface area (Å²) in [6.45, 7) is 4.14. The van der Waals surface area contributed by atoms with Crippen molar-refractivity contribution in [2.24, 2.45) is 0 Å². The van der Waals surface area contributed by atoms with Crippen LogP contribution in [-0.2, 0) is 10.0 Å². The standard InChI is InChI=1S/C16H17F2NO2S/c1-3-11(2)12-4-7-14(8-5-12)19-22(20,21)16-9-6-13(17)10-15(16)18/h4-11,19H,3H2,1-2H3. The third-order valence-corrected chi connectivity index (χ3v) is 4.94. The second kappa shape index (κ2) is 6.44. The van der Waals surface area contributed by atoms with E-state index >= 15 is 0 Å². The van der Waals surface area contributed by atoms with Crippen molar-refractivity contribution in [2.45, 2.75) is 31.1 Å². The molecular weight excluding hydrogens is 308 g/mol. The van der Waals surface area contributed by atoms with Gasteiger partial charge < -0.3 is 0 Å². The van der Waals surface area contributed by atoms with Crippen molar-refractivity contribution in [2.75, 3.05) is 4.72 Å². The normalized spacial score (nSPS) is 12.9. The molecule has 2 aromatic rings. The van der Waals surface area contributed by atoms with E-state index in [2.05, 4.69) is 18.6 Å². The smallest absolute Gasteiger partial charge is 0.264 e. The molecule has 0 heterocycles. The number of sulfonamides is 1. The van der Waals surface area contributed by atoms with Crippen molar-refractivity contribution < 1.29 is 17.2 Å². The molecule has 2 rings (SSSR count). The summed E-state index contributed by atoms with van der Waals surface area (Å²) in [5, 5.41) is 0. The largest absolute Gasteiger partial charge is 0.280 e. The maximum atomic E-state index is 13.6. The van der Waals surface area contributed by atoms with Crippen molar-refractivity contribution in [3.8, 4) is 0 Å². The Hall–Kier alpha value is -1.95. The average molecular weight is 325 g/mol. The van der Waals surface area contributed by atoms with Crippen LogP contribution in [0.15, 0.2) is 47.4 Å². The van der Waals surface area contributed by atoms with Crippen LogP contribution < -0.4 is 4.72 Å². The van der Waals surface area contributed by atoms with Crippen molar-refractivity contribution in [1.29, 1.82) is 0 Å². The van der Waals surface area contributed by atoms with E-state index in [9.17, 15) is 17.2 Å². The molecule has 0 fully saturated rings. The zero-order valence-electron chi connectivity index (χ0n) is 12.3. The summed E-state index contributed by atoms with van der Waals surface area (Å²) in [5.74, 6) is -1.57. The van der Waals surface area contributed by atoms with Gasteiger partial charge in [0.2, 0.25) is 0 Å². The molecule has 0 spiro atoms. The third kappa shape index (κ3) is 3.62. The molecule has 6 heteroatoms. The summed E-state index contributed by atoms with van der Waals surface area (Å²) in [7, 11) is -4.09. The van der Waals surface area contributed by atoms with E-state index in [1.807, 2.05) is 12.1 Å². The second-order valence-electron chi connectivity index (χ2n) is 5.11. The van der Waals surface area contributed by atoms with Gasteiger partial charge >= 0.3 is 0 Å². The lowest BCUT2D eigenvalue weighted by Gasteiger charge is -2.12. The first-order valence-electron chi connectivity index (χ1n) is 6.91. The van der Waals surface area contributed by atoms with Crippen molar-refractivity contribution >= 4 is 15.7 Å². The molecule has 0 radical (unpaired) electrons. The molecule has 1 N–H and O–H groups in total. The summed E-state index contributed by atoms with van der Waals surface area (Å²) in [6.07, 6.45) is 0.978. The van der Waals surface area contributed by atoms with Crippen molar-refractivity contribution in [3.05, 3.63) is 59.7 Å². The number of nitrogens with one attached hydrogen (secondary N) is 1. The van der Waals surface area contributed by atoms with Crippen molar-refractivity contribution in [1.82, 2.24) is 0 Å². The lowest BCUT2D eigenvalue weighted by atomic mass is 9.99. The fourth-order valence-corrected chi connectivity index (χ4v) is 3.14. The highest BCUT2D eigenvalue weighted by Gasteiger charge is 2.19. The Labute approximate surface area is 129 Å². The molecule has 1 atom stereocenters. The molecule has 0 aliphatic rings. The van der Waals surface area contributed by atoms with Crippen LogP contribution in [0.3, 0.4) is 0 Å². The summed E-state index contributed by atoms with van der Waals surface area (Å²) < 4.78 is 53.0. The highest BCUT2D eigenvalue weighted by molar-refractivity contribution is 7.92. The van der Waals surface area contributed by atoms with Gasteiger partial charge in [-0.15, -0.1) is 0 Å². The second-order valence-corrected chi connectivity index (χ2v) is 6.76. The monoisotopic (exact) mass is 325 g/mol. The molecule has 0 aromatic heterocycles. The van der Waals surface area contributed by atoms with E-state index in [-0.39, 0.29) is 0 Å². The van der Waals surface area contributed by atoms with E-state index < -0.39 is 26.6 Å². The van der Waals surface area contributed by atoms with Gasteiger partial charge in [-0.05, 0) is 42.2 Å². The minimum Gasteiger partial charge on any atom is -0.280 e. The van der Waals surface area contributed by atoms with Gasteiger partial charge in [0.1, 0.15) is 16.5 Å². The van der Waals surface area contributed by atoms with Gasteiger partial charge in [-0.1, -0.05) is 26.0 Å². The number of rotatable bonds is 5. The van der Waals surface area contributed by atoms with Crippen LogP contribution in [0.4, 0.5) is 14.5 Å². The van der Waals surface area contributed by atoms with Crippen LogP contribution in [0.1, 0.15) is 31.7 Å². The molecule has 3 nitrogen and oxygen atoms in total. The number of benzene rings is 2. The SMILES string of the molecule is CCC(C)c1ccc(NS(=O)(=O)c2ccc(F)cc2F)cc1. The Balaban J connectivity index is 2.25. The number of hydrogen-bond acceptors (Lipinski definition) is 2. The van der Waals surface area contributed by atoms with Crippen LogP contribution >= 0.6 is 0 Å². The van der Waals surface area contributed by atoms with Gasteiger partial charge in [0.15, 0.2) is 0 Å². The summed E-state index contributed by atoms with van der Waals surface area (Å²) >= 11 is 0. The van der Waals surface area contributed by atoms with Crippen LogP contribution in [0, 0.1) is 11.6 Å². The lowest BCUT2D eigenvalue weighted by molar-refractivity contribution is 0.551.